The summed E-state index contributed by atoms with van der Waals surface area (Å²) < 4.78 is 0. The first-order valence-corrected chi connectivity index (χ1v) is 14.9. The van der Waals surface area contributed by atoms with Crippen LogP contribution in [0.25, 0.3) is 11.1 Å². The standard InChI is InChI=1S/C39H35NO3/c41-37(25-29-18-20-31(21-19-29)33-15-9-16-35(26-33)39(42)43)40(27-30-12-5-2-6-13-30)38-34(24-28-10-3-1-4-11-28)23-22-32-14-7-8-17-36(32)38/h1-21,26,34,38H,22-25,27H2,(H,42,43)/t34-,38-/m0/s1. The molecule has 0 aliphatic heterocycles. The van der Waals surface area contributed by atoms with Crippen LogP contribution in [0.15, 0.2) is 133 Å². The molecule has 0 fully saturated rings. The van der Waals surface area contributed by atoms with Crippen LogP contribution in [-0.2, 0) is 30.6 Å². The molecular formula is C39H35NO3. The van der Waals surface area contributed by atoms with Gasteiger partial charge in [-0.3, -0.25) is 4.79 Å². The number of fused-ring (bicyclic) bond motifs is 1. The number of hydrogen-bond donors (Lipinski definition) is 1. The van der Waals surface area contributed by atoms with Crippen LogP contribution >= 0.6 is 0 Å². The molecule has 1 N–H and O–H groups in total. The van der Waals surface area contributed by atoms with Gasteiger partial charge in [-0.15, -0.1) is 0 Å². The summed E-state index contributed by atoms with van der Waals surface area (Å²) in [5.41, 5.74) is 7.95. The number of carbonyl (C=O) groups is 2. The molecule has 2 atom stereocenters. The summed E-state index contributed by atoms with van der Waals surface area (Å²) in [6, 6.07) is 44.3. The summed E-state index contributed by atoms with van der Waals surface area (Å²) in [7, 11) is 0. The molecule has 5 aromatic carbocycles. The van der Waals surface area contributed by atoms with Crippen molar-refractivity contribution in [3.05, 3.63) is 167 Å². The number of aromatic carboxylic acids is 1. The van der Waals surface area contributed by atoms with Crippen molar-refractivity contribution < 1.29 is 14.7 Å². The van der Waals surface area contributed by atoms with Crippen LogP contribution in [0.5, 0.6) is 0 Å². The highest BCUT2D eigenvalue weighted by atomic mass is 16.4. The van der Waals surface area contributed by atoms with Gasteiger partial charge in [-0.25, -0.2) is 4.79 Å². The fraction of sp³-hybridized carbons (Fsp3) is 0.179. The van der Waals surface area contributed by atoms with Crippen LogP contribution < -0.4 is 0 Å². The van der Waals surface area contributed by atoms with Crippen LogP contribution in [0.3, 0.4) is 0 Å². The van der Waals surface area contributed by atoms with Crippen molar-refractivity contribution in [2.24, 2.45) is 5.92 Å². The summed E-state index contributed by atoms with van der Waals surface area (Å²) in [5, 5.41) is 9.38. The minimum atomic E-state index is -0.947. The fourth-order valence-electron chi connectivity index (χ4n) is 6.40. The average Bonchev–Trinajstić information content (AvgIpc) is 3.05. The second-order valence-corrected chi connectivity index (χ2v) is 11.4. The Balaban J connectivity index is 1.32. The SMILES string of the molecule is O=C(O)c1cccc(-c2ccc(CC(=O)N(Cc3ccccc3)[C@@H]3c4ccccc4CC[C@H]3Cc3ccccc3)cc2)c1. The van der Waals surface area contributed by atoms with E-state index in [0.29, 0.717) is 18.9 Å². The van der Waals surface area contributed by atoms with Gasteiger partial charge in [0, 0.05) is 6.54 Å². The van der Waals surface area contributed by atoms with Crippen molar-refractivity contribution in [1.29, 1.82) is 0 Å². The molecule has 1 aliphatic carbocycles. The molecule has 0 bridgehead atoms. The Morgan fingerprint density at radius 1 is 0.674 bits per heavy atom. The number of amides is 1. The smallest absolute Gasteiger partial charge is 0.335 e. The summed E-state index contributed by atoms with van der Waals surface area (Å²) in [4.78, 5) is 27.9. The Bertz CT molecular complexity index is 1700. The number of carboxylic acids is 1. The maximum Gasteiger partial charge on any atom is 0.335 e. The van der Waals surface area contributed by atoms with E-state index in [4.69, 9.17) is 0 Å². The van der Waals surface area contributed by atoms with E-state index in [-0.39, 0.29) is 17.5 Å². The maximum atomic E-state index is 14.4. The molecule has 43 heavy (non-hydrogen) atoms. The summed E-state index contributed by atoms with van der Waals surface area (Å²) in [6.07, 6.45) is 3.25. The van der Waals surface area contributed by atoms with Crippen LogP contribution in [-0.4, -0.2) is 21.9 Å². The molecule has 0 aromatic heterocycles. The topological polar surface area (TPSA) is 57.6 Å². The maximum absolute atomic E-state index is 14.4. The normalized spacial score (nSPS) is 15.8. The Hall–Kier alpha value is -4.96. The van der Waals surface area contributed by atoms with E-state index in [0.717, 1.165) is 41.5 Å². The van der Waals surface area contributed by atoms with E-state index >= 15 is 0 Å². The van der Waals surface area contributed by atoms with Gasteiger partial charge in [-0.2, -0.15) is 0 Å². The van der Waals surface area contributed by atoms with Crippen LogP contribution in [0, 0.1) is 5.92 Å². The van der Waals surface area contributed by atoms with Crippen LogP contribution in [0.1, 0.15) is 50.6 Å². The molecule has 0 saturated carbocycles. The zero-order valence-electron chi connectivity index (χ0n) is 24.1. The van der Waals surface area contributed by atoms with Gasteiger partial charge in [0.25, 0.3) is 0 Å². The Kier molecular flexibility index (Phi) is 8.46. The molecule has 0 unspecified atom stereocenters. The van der Waals surface area contributed by atoms with Crippen molar-refractivity contribution in [3.8, 4) is 11.1 Å². The lowest BCUT2D eigenvalue weighted by molar-refractivity contribution is -0.135. The van der Waals surface area contributed by atoms with E-state index in [1.807, 2.05) is 48.5 Å². The highest BCUT2D eigenvalue weighted by Crippen LogP contribution is 2.41. The van der Waals surface area contributed by atoms with Gasteiger partial charge < -0.3 is 10.0 Å². The van der Waals surface area contributed by atoms with Crippen molar-refractivity contribution >= 4 is 11.9 Å². The van der Waals surface area contributed by atoms with Gasteiger partial charge in [-0.05, 0) is 76.3 Å². The second-order valence-electron chi connectivity index (χ2n) is 11.4. The van der Waals surface area contributed by atoms with Crippen LogP contribution in [0.2, 0.25) is 0 Å². The largest absolute Gasteiger partial charge is 0.478 e. The first kappa shape index (κ1) is 28.2. The molecule has 1 aliphatic rings. The molecule has 6 rings (SSSR count). The minimum absolute atomic E-state index is 0.0316. The fourth-order valence-corrected chi connectivity index (χ4v) is 6.40. The van der Waals surface area contributed by atoms with Gasteiger partial charge in [0.1, 0.15) is 0 Å². The van der Waals surface area contributed by atoms with E-state index in [9.17, 15) is 14.7 Å². The number of carboxylic acid groups (broad SMARTS) is 1. The van der Waals surface area contributed by atoms with Crippen molar-refractivity contribution in [2.45, 2.75) is 38.3 Å². The summed E-state index contributed by atoms with van der Waals surface area (Å²) in [6.45, 7) is 0.546. The number of rotatable bonds is 9. The average molecular weight is 566 g/mol. The Morgan fingerprint density at radius 2 is 1.35 bits per heavy atom. The van der Waals surface area contributed by atoms with E-state index in [1.165, 1.54) is 16.7 Å². The monoisotopic (exact) mass is 565 g/mol. The second kappa shape index (κ2) is 12.9. The van der Waals surface area contributed by atoms with Gasteiger partial charge >= 0.3 is 5.97 Å². The lowest BCUT2D eigenvalue weighted by Crippen LogP contribution is -2.41. The van der Waals surface area contributed by atoms with Crippen molar-refractivity contribution in [2.75, 3.05) is 0 Å². The first-order chi connectivity index (χ1) is 21.0. The highest BCUT2D eigenvalue weighted by Gasteiger charge is 2.36. The van der Waals surface area contributed by atoms with Crippen molar-refractivity contribution in [1.82, 2.24) is 4.90 Å². The third kappa shape index (κ3) is 6.60. The van der Waals surface area contributed by atoms with Crippen LogP contribution in [0.4, 0.5) is 0 Å². The Morgan fingerprint density at radius 3 is 2.07 bits per heavy atom. The Labute approximate surface area is 253 Å². The van der Waals surface area contributed by atoms with E-state index in [1.54, 1.807) is 18.2 Å². The van der Waals surface area contributed by atoms with Gasteiger partial charge in [0.05, 0.1) is 18.0 Å². The number of benzene rings is 5. The van der Waals surface area contributed by atoms with Crippen molar-refractivity contribution in [3.63, 3.8) is 0 Å². The van der Waals surface area contributed by atoms with Gasteiger partial charge in [-0.1, -0.05) is 121 Å². The lowest BCUT2D eigenvalue weighted by Gasteiger charge is -2.42. The highest BCUT2D eigenvalue weighted by molar-refractivity contribution is 5.89. The third-order valence-electron chi connectivity index (χ3n) is 8.55. The molecule has 0 heterocycles. The number of nitrogens with zero attached hydrogens (tertiary/aromatic N) is 1. The molecule has 5 aromatic rings. The predicted molar refractivity (Wildman–Crippen MR) is 171 cm³/mol. The third-order valence-corrected chi connectivity index (χ3v) is 8.55. The molecule has 0 spiro atoms. The lowest BCUT2D eigenvalue weighted by atomic mass is 9.76. The molecule has 0 saturated heterocycles. The number of hydrogen-bond acceptors (Lipinski definition) is 2. The minimum Gasteiger partial charge on any atom is -0.478 e. The molecule has 214 valence electrons. The van der Waals surface area contributed by atoms with E-state index < -0.39 is 5.97 Å². The number of aryl methyl sites for hydroxylation is 1. The first-order valence-electron chi connectivity index (χ1n) is 14.9. The molecular weight excluding hydrogens is 530 g/mol. The summed E-state index contributed by atoms with van der Waals surface area (Å²) >= 11 is 0. The number of carbonyl (C=O) groups excluding carboxylic acids is 1. The molecule has 4 heteroatoms. The van der Waals surface area contributed by atoms with E-state index in [2.05, 4.69) is 71.6 Å². The summed E-state index contributed by atoms with van der Waals surface area (Å²) in [5.74, 6) is -0.546. The zero-order valence-corrected chi connectivity index (χ0v) is 24.1. The molecule has 4 nitrogen and oxygen atoms in total. The molecule has 0 radical (unpaired) electrons. The van der Waals surface area contributed by atoms with Gasteiger partial charge in [0.15, 0.2) is 0 Å². The molecule has 1 amide bonds. The zero-order chi connectivity index (χ0) is 29.6. The predicted octanol–water partition coefficient (Wildman–Crippen LogP) is 8.17. The quantitative estimate of drug-likeness (QED) is 0.196. The van der Waals surface area contributed by atoms with Gasteiger partial charge in [0.2, 0.25) is 5.91 Å².